The molecule has 0 saturated carbocycles. The second kappa shape index (κ2) is 6.25. The van der Waals surface area contributed by atoms with Crippen LogP contribution in [0, 0.1) is 5.82 Å². The molecule has 0 bridgehead atoms. The predicted molar refractivity (Wildman–Crippen MR) is 81.8 cm³/mol. The molecule has 0 unspecified atom stereocenters. The molecule has 0 aliphatic carbocycles. The molecule has 0 fully saturated rings. The second-order valence-corrected chi connectivity index (χ2v) is 5.23. The van der Waals surface area contributed by atoms with Gasteiger partial charge in [-0.05, 0) is 30.3 Å². The van der Waals surface area contributed by atoms with E-state index in [1.54, 1.807) is 23.3 Å². The molecule has 6 heteroatoms. The number of hydrogen-bond acceptors (Lipinski definition) is 3. The summed E-state index contributed by atoms with van der Waals surface area (Å²) < 4.78 is 14.8. The summed E-state index contributed by atoms with van der Waals surface area (Å²) in [5, 5.41) is 14.8. The molecule has 0 amide bonds. The predicted octanol–water partition coefficient (Wildman–Crippen LogP) is 3.47. The van der Waals surface area contributed by atoms with Crippen LogP contribution in [0.25, 0.3) is 11.3 Å². The third-order valence-electron chi connectivity index (χ3n) is 3.34. The number of aromatic nitrogens is 3. The van der Waals surface area contributed by atoms with Gasteiger partial charge in [-0.25, -0.2) is 4.39 Å². The first kappa shape index (κ1) is 14.7. The van der Waals surface area contributed by atoms with Crippen molar-refractivity contribution >= 4 is 11.6 Å². The molecule has 0 spiro atoms. The number of pyridine rings is 1. The molecule has 0 aliphatic rings. The third-order valence-corrected chi connectivity index (χ3v) is 3.67. The zero-order chi connectivity index (χ0) is 15.5. The Kier molecular flexibility index (Phi) is 4.18. The van der Waals surface area contributed by atoms with Crippen molar-refractivity contribution in [3.05, 3.63) is 71.4 Å². The summed E-state index contributed by atoms with van der Waals surface area (Å²) in [4.78, 5) is 4.08. The average molecular weight is 318 g/mol. The first-order valence-corrected chi connectivity index (χ1v) is 7.08. The van der Waals surface area contributed by atoms with Crippen LogP contribution >= 0.6 is 11.6 Å². The van der Waals surface area contributed by atoms with Crippen LogP contribution in [-0.2, 0) is 6.54 Å². The summed E-state index contributed by atoms with van der Waals surface area (Å²) in [6, 6.07) is 9.53. The van der Waals surface area contributed by atoms with Gasteiger partial charge in [-0.3, -0.25) is 9.67 Å². The molecule has 112 valence electrons. The first-order valence-electron chi connectivity index (χ1n) is 6.70. The van der Waals surface area contributed by atoms with Gasteiger partial charge < -0.3 is 5.11 Å². The molecule has 1 atom stereocenters. The molecule has 0 radical (unpaired) electrons. The first-order chi connectivity index (χ1) is 10.6. The van der Waals surface area contributed by atoms with Crippen molar-refractivity contribution in [2.24, 2.45) is 0 Å². The van der Waals surface area contributed by atoms with Crippen LogP contribution in [0.15, 0.2) is 55.0 Å². The Bertz CT molecular complexity index is 776. The van der Waals surface area contributed by atoms with Gasteiger partial charge in [0.15, 0.2) is 0 Å². The molecular formula is C16H13ClFN3O. The quantitative estimate of drug-likeness (QED) is 0.801. The fourth-order valence-electron chi connectivity index (χ4n) is 2.27. The molecule has 1 N–H and O–H groups in total. The number of benzene rings is 1. The molecule has 4 nitrogen and oxygen atoms in total. The summed E-state index contributed by atoms with van der Waals surface area (Å²) in [6.45, 7) is 0.211. The van der Waals surface area contributed by atoms with E-state index in [4.69, 9.17) is 11.6 Å². The largest absolute Gasteiger partial charge is 0.386 e. The van der Waals surface area contributed by atoms with E-state index in [0.29, 0.717) is 5.56 Å². The van der Waals surface area contributed by atoms with Gasteiger partial charge in [0, 0.05) is 34.7 Å². The zero-order valence-corrected chi connectivity index (χ0v) is 12.3. The molecule has 3 aromatic rings. The normalized spacial score (nSPS) is 12.3. The maximum atomic E-state index is 13.1. The van der Waals surface area contributed by atoms with Crippen molar-refractivity contribution in [3.63, 3.8) is 0 Å². The fraction of sp³-hybridized carbons (Fsp3) is 0.125. The van der Waals surface area contributed by atoms with Crippen molar-refractivity contribution in [2.75, 3.05) is 0 Å². The van der Waals surface area contributed by atoms with Gasteiger partial charge in [0.05, 0.1) is 12.2 Å². The molecule has 1 aromatic carbocycles. The van der Waals surface area contributed by atoms with Crippen molar-refractivity contribution in [2.45, 2.75) is 12.6 Å². The Balaban J connectivity index is 1.86. The topological polar surface area (TPSA) is 50.9 Å². The Hall–Kier alpha value is -2.24. The lowest BCUT2D eigenvalue weighted by atomic mass is 10.1. The average Bonchev–Trinajstić information content (AvgIpc) is 2.96. The fourth-order valence-corrected chi connectivity index (χ4v) is 2.56. The van der Waals surface area contributed by atoms with Crippen molar-refractivity contribution < 1.29 is 9.50 Å². The Morgan fingerprint density at radius 2 is 2.09 bits per heavy atom. The zero-order valence-electron chi connectivity index (χ0n) is 11.5. The van der Waals surface area contributed by atoms with E-state index in [-0.39, 0.29) is 11.6 Å². The highest BCUT2D eigenvalue weighted by Crippen LogP contribution is 2.26. The summed E-state index contributed by atoms with van der Waals surface area (Å²) >= 11 is 5.98. The summed E-state index contributed by atoms with van der Waals surface area (Å²) in [7, 11) is 0. The number of hydrogen-bond donors (Lipinski definition) is 1. The minimum Gasteiger partial charge on any atom is -0.386 e. The molecule has 2 aromatic heterocycles. The number of nitrogens with zero attached hydrogens (tertiary/aromatic N) is 3. The van der Waals surface area contributed by atoms with E-state index in [1.165, 1.54) is 18.2 Å². The minimum atomic E-state index is -0.886. The highest BCUT2D eigenvalue weighted by atomic mass is 35.5. The van der Waals surface area contributed by atoms with Gasteiger partial charge in [-0.15, -0.1) is 0 Å². The van der Waals surface area contributed by atoms with Crippen LogP contribution in [0.4, 0.5) is 4.39 Å². The van der Waals surface area contributed by atoms with Gasteiger partial charge in [0.2, 0.25) is 0 Å². The van der Waals surface area contributed by atoms with Crippen LogP contribution in [0.3, 0.4) is 0 Å². The number of halogens is 2. The maximum Gasteiger partial charge on any atom is 0.124 e. The highest BCUT2D eigenvalue weighted by molar-refractivity contribution is 6.31. The van der Waals surface area contributed by atoms with Crippen molar-refractivity contribution in [1.82, 2.24) is 14.8 Å². The smallest absolute Gasteiger partial charge is 0.124 e. The molecule has 22 heavy (non-hydrogen) atoms. The Labute approximate surface area is 131 Å². The van der Waals surface area contributed by atoms with E-state index in [1.807, 2.05) is 18.2 Å². The van der Waals surface area contributed by atoms with Crippen molar-refractivity contribution in [3.8, 4) is 11.3 Å². The van der Waals surface area contributed by atoms with E-state index >= 15 is 0 Å². The van der Waals surface area contributed by atoms with Gasteiger partial charge >= 0.3 is 0 Å². The van der Waals surface area contributed by atoms with E-state index in [2.05, 4.69) is 10.1 Å². The lowest BCUT2D eigenvalue weighted by Gasteiger charge is -2.15. The number of aliphatic hydroxyl groups is 1. The summed E-state index contributed by atoms with van der Waals surface area (Å²) in [6.07, 6.45) is 4.19. The monoisotopic (exact) mass is 317 g/mol. The van der Waals surface area contributed by atoms with Crippen LogP contribution in [-0.4, -0.2) is 19.9 Å². The Morgan fingerprint density at radius 3 is 2.82 bits per heavy atom. The standard InChI is InChI=1S/C16H13ClFN3O/c17-14-8-12(18)3-4-13(14)16(22)10-21-15(5-7-20-21)11-2-1-6-19-9-11/h1-9,16,22H,10H2/t16-/m1/s1. The SMILES string of the molecule is O[C@H](Cn1nccc1-c1cccnc1)c1ccc(F)cc1Cl. The van der Waals surface area contributed by atoms with Crippen molar-refractivity contribution in [1.29, 1.82) is 0 Å². The summed E-state index contributed by atoms with van der Waals surface area (Å²) in [5.41, 5.74) is 2.21. The minimum absolute atomic E-state index is 0.197. The highest BCUT2D eigenvalue weighted by Gasteiger charge is 2.15. The van der Waals surface area contributed by atoms with Gasteiger partial charge in [0.25, 0.3) is 0 Å². The molecule has 0 aliphatic heterocycles. The number of rotatable bonds is 4. The molecular weight excluding hydrogens is 305 g/mol. The van der Waals surface area contributed by atoms with Crippen LogP contribution in [0.1, 0.15) is 11.7 Å². The maximum absolute atomic E-state index is 13.1. The van der Waals surface area contributed by atoms with Gasteiger partial charge in [-0.1, -0.05) is 17.7 Å². The summed E-state index contributed by atoms with van der Waals surface area (Å²) in [5.74, 6) is -0.434. The third kappa shape index (κ3) is 3.00. The van der Waals surface area contributed by atoms with E-state index in [0.717, 1.165) is 11.3 Å². The molecule has 2 heterocycles. The molecule has 3 rings (SSSR count). The Morgan fingerprint density at radius 1 is 1.23 bits per heavy atom. The molecule has 0 saturated heterocycles. The van der Waals surface area contributed by atoms with E-state index < -0.39 is 11.9 Å². The number of aliphatic hydroxyl groups excluding tert-OH is 1. The lowest BCUT2D eigenvalue weighted by molar-refractivity contribution is 0.152. The van der Waals surface area contributed by atoms with Gasteiger partial charge in [-0.2, -0.15) is 5.10 Å². The van der Waals surface area contributed by atoms with E-state index in [9.17, 15) is 9.50 Å². The second-order valence-electron chi connectivity index (χ2n) is 4.82. The lowest BCUT2D eigenvalue weighted by Crippen LogP contribution is -2.11. The van der Waals surface area contributed by atoms with Crippen LogP contribution in [0.2, 0.25) is 5.02 Å². The van der Waals surface area contributed by atoms with Crippen LogP contribution in [0.5, 0.6) is 0 Å². The van der Waals surface area contributed by atoms with Crippen LogP contribution < -0.4 is 0 Å². The van der Waals surface area contributed by atoms with Gasteiger partial charge in [0.1, 0.15) is 11.9 Å².